The summed E-state index contributed by atoms with van der Waals surface area (Å²) in [7, 11) is 2.11. The Morgan fingerprint density at radius 1 is 1.27 bits per heavy atom. The number of hydrogen-bond acceptors (Lipinski definition) is 1. The summed E-state index contributed by atoms with van der Waals surface area (Å²) in [6.45, 7) is 8.45. The SMILES string of the molecule is C/C=C(/C)N(C)/C(=C\C)CC. The molecular weight excluding hydrogens is 134 g/mol. The van der Waals surface area contributed by atoms with E-state index in [2.05, 4.69) is 51.8 Å². The van der Waals surface area contributed by atoms with Gasteiger partial charge in [0.2, 0.25) is 0 Å². The molecule has 0 aliphatic heterocycles. The van der Waals surface area contributed by atoms with Gasteiger partial charge in [-0.05, 0) is 27.2 Å². The molecule has 0 unspecified atom stereocenters. The molecule has 0 aliphatic carbocycles. The minimum atomic E-state index is 1.10. The van der Waals surface area contributed by atoms with Crippen LogP contribution in [0.3, 0.4) is 0 Å². The Hall–Kier alpha value is -0.720. The van der Waals surface area contributed by atoms with Crippen LogP contribution in [0.1, 0.15) is 34.1 Å². The first-order valence-corrected chi connectivity index (χ1v) is 4.19. The second-order valence-electron chi connectivity index (χ2n) is 2.62. The molecule has 0 bridgehead atoms. The summed E-state index contributed by atoms with van der Waals surface area (Å²) in [5.74, 6) is 0. The van der Waals surface area contributed by atoms with Gasteiger partial charge in [0, 0.05) is 18.4 Å². The zero-order valence-corrected chi connectivity index (χ0v) is 8.31. The van der Waals surface area contributed by atoms with E-state index in [0.717, 1.165) is 6.42 Å². The highest BCUT2D eigenvalue weighted by Gasteiger charge is 2.00. The van der Waals surface area contributed by atoms with E-state index in [1.165, 1.54) is 11.4 Å². The van der Waals surface area contributed by atoms with Crippen LogP contribution in [0, 0.1) is 0 Å². The molecule has 0 amide bonds. The maximum Gasteiger partial charge on any atom is 0.0128 e. The topological polar surface area (TPSA) is 3.24 Å². The highest BCUT2D eigenvalue weighted by molar-refractivity contribution is 5.08. The second-order valence-corrected chi connectivity index (χ2v) is 2.62. The molecule has 11 heavy (non-hydrogen) atoms. The zero-order chi connectivity index (χ0) is 8.85. The first-order chi connectivity index (χ1) is 5.17. The highest BCUT2D eigenvalue weighted by atomic mass is 15.1. The van der Waals surface area contributed by atoms with Gasteiger partial charge in [-0.15, -0.1) is 0 Å². The zero-order valence-electron chi connectivity index (χ0n) is 8.31. The first kappa shape index (κ1) is 10.3. The van der Waals surface area contributed by atoms with Crippen LogP contribution >= 0.6 is 0 Å². The Kier molecular flexibility index (Phi) is 4.67. The third kappa shape index (κ3) is 2.79. The smallest absolute Gasteiger partial charge is 0.0128 e. The molecule has 64 valence electrons. The monoisotopic (exact) mass is 153 g/mol. The molecule has 0 saturated heterocycles. The molecule has 0 fully saturated rings. The van der Waals surface area contributed by atoms with Gasteiger partial charge in [-0.1, -0.05) is 19.1 Å². The van der Waals surface area contributed by atoms with Crippen LogP contribution in [0.25, 0.3) is 0 Å². The van der Waals surface area contributed by atoms with Crippen molar-refractivity contribution in [1.29, 1.82) is 0 Å². The van der Waals surface area contributed by atoms with Crippen molar-refractivity contribution in [2.75, 3.05) is 7.05 Å². The Morgan fingerprint density at radius 3 is 2.09 bits per heavy atom. The molecule has 0 heterocycles. The van der Waals surface area contributed by atoms with Crippen molar-refractivity contribution in [2.45, 2.75) is 34.1 Å². The quantitative estimate of drug-likeness (QED) is 0.602. The average molecular weight is 153 g/mol. The molecule has 0 spiro atoms. The average Bonchev–Trinajstić information content (AvgIpc) is 2.05. The van der Waals surface area contributed by atoms with Crippen molar-refractivity contribution in [3.8, 4) is 0 Å². The van der Waals surface area contributed by atoms with Gasteiger partial charge in [0.1, 0.15) is 0 Å². The maximum atomic E-state index is 2.22. The molecule has 0 aromatic rings. The lowest BCUT2D eigenvalue weighted by Gasteiger charge is -2.22. The van der Waals surface area contributed by atoms with Crippen molar-refractivity contribution in [3.63, 3.8) is 0 Å². The number of hydrogen-bond donors (Lipinski definition) is 0. The lowest BCUT2D eigenvalue weighted by atomic mass is 10.2. The third-order valence-electron chi connectivity index (χ3n) is 2.07. The number of rotatable bonds is 3. The van der Waals surface area contributed by atoms with E-state index in [9.17, 15) is 0 Å². The molecule has 0 aromatic heterocycles. The van der Waals surface area contributed by atoms with Crippen LogP contribution in [0.2, 0.25) is 0 Å². The Balaban J connectivity index is 4.34. The van der Waals surface area contributed by atoms with Crippen molar-refractivity contribution in [2.24, 2.45) is 0 Å². The molecular formula is C10H19N. The summed E-state index contributed by atoms with van der Waals surface area (Å²) in [6.07, 6.45) is 5.38. The lowest BCUT2D eigenvalue weighted by Crippen LogP contribution is -2.14. The fraction of sp³-hybridized carbons (Fsp3) is 0.600. The highest BCUT2D eigenvalue weighted by Crippen LogP contribution is 2.11. The Labute approximate surface area is 70.4 Å². The van der Waals surface area contributed by atoms with Gasteiger partial charge in [0.15, 0.2) is 0 Å². The minimum Gasteiger partial charge on any atom is -0.353 e. The van der Waals surface area contributed by atoms with Crippen LogP contribution in [0.15, 0.2) is 23.5 Å². The van der Waals surface area contributed by atoms with E-state index in [4.69, 9.17) is 0 Å². The minimum absolute atomic E-state index is 1.10. The van der Waals surface area contributed by atoms with Crippen molar-refractivity contribution >= 4 is 0 Å². The van der Waals surface area contributed by atoms with Crippen molar-refractivity contribution in [3.05, 3.63) is 23.5 Å². The predicted molar refractivity (Wildman–Crippen MR) is 51.2 cm³/mol. The van der Waals surface area contributed by atoms with Gasteiger partial charge in [-0.3, -0.25) is 0 Å². The summed E-state index contributed by atoms with van der Waals surface area (Å²) >= 11 is 0. The molecule has 0 aliphatic rings. The summed E-state index contributed by atoms with van der Waals surface area (Å²) in [5, 5.41) is 0. The third-order valence-corrected chi connectivity index (χ3v) is 2.07. The van der Waals surface area contributed by atoms with Gasteiger partial charge in [-0.25, -0.2) is 0 Å². The molecule has 0 rings (SSSR count). The van der Waals surface area contributed by atoms with Crippen LogP contribution in [-0.2, 0) is 0 Å². The summed E-state index contributed by atoms with van der Waals surface area (Å²) < 4.78 is 0. The van der Waals surface area contributed by atoms with Crippen molar-refractivity contribution in [1.82, 2.24) is 4.90 Å². The van der Waals surface area contributed by atoms with E-state index in [-0.39, 0.29) is 0 Å². The van der Waals surface area contributed by atoms with E-state index >= 15 is 0 Å². The molecule has 1 heteroatoms. The fourth-order valence-corrected chi connectivity index (χ4v) is 1.06. The summed E-state index contributed by atoms with van der Waals surface area (Å²) in [4.78, 5) is 2.22. The fourth-order valence-electron chi connectivity index (χ4n) is 1.06. The standard InChI is InChI=1S/C10H19N/c1-6-9(4)11(5)10(7-2)8-3/h6-7H,8H2,1-5H3/b9-6-,10-7-. The van der Waals surface area contributed by atoms with Crippen LogP contribution in [0.5, 0.6) is 0 Å². The normalized spacial score (nSPS) is 13.5. The van der Waals surface area contributed by atoms with Crippen LogP contribution < -0.4 is 0 Å². The molecule has 0 aromatic carbocycles. The van der Waals surface area contributed by atoms with Gasteiger partial charge < -0.3 is 4.90 Å². The molecule has 0 saturated carbocycles. The predicted octanol–water partition coefficient (Wildman–Crippen LogP) is 3.16. The lowest BCUT2D eigenvalue weighted by molar-refractivity contribution is 0.500. The van der Waals surface area contributed by atoms with Gasteiger partial charge in [0.05, 0.1) is 0 Å². The second kappa shape index (κ2) is 5.00. The Bertz CT molecular complexity index is 166. The molecule has 1 nitrogen and oxygen atoms in total. The summed E-state index contributed by atoms with van der Waals surface area (Å²) in [6, 6.07) is 0. The first-order valence-electron chi connectivity index (χ1n) is 4.19. The van der Waals surface area contributed by atoms with Crippen molar-refractivity contribution < 1.29 is 0 Å². The number of nitrogens with zero attached hydrogens (tertiary/aromatic N) is 1. The molecule has 0 N–H and O–H groups in total. The Morgan fingerprint density at radius 2 is 1.82 bits per heavy atom. The van der Waals surface area contributed by atoms with Gasteiger partial charge in [-0.2, -0.15) is 0 Å². The van der Waals surface area contributed by atoms with E-state index in [0.29, 0.717) is 0 Å². The van der Waals surface area contributed by atoms with E-state index < -0.39 is 0 Å². The maximum absolute atomic E-state index is 2.22. The van der Waals surface area contributed by atoms with E-state index in [1.54, 1.807) is 0 Å². The molecule has 0 radical (unpaired) electrons. The summed E-state index contributed by atoms with van der Waals surface area (Å²) in [5.41, 5.74) is 2.68. The number of allylic oxidation sites excluding steroid dienone is 4. The van der Waals surface area contributed by atoms with E-state index in [1.807, 2.05) is 0 Å². The molecule has 0 atom stereocenters. The largest absolute Gasteiger partial charge is 0.353 e. The van der Waals surface area contributed by atoms with Gasteiger partial charge in [0.25, 0.3) is 0 Å². The van der Waals surface area contributed by atoms with Crippen LogP contribution in [-0.4, -0.2) is 11.9 Å². The van der Waals surface area contributed by atoms with Gasteiger partial charge >= 0.3 is 0 Å². The van der Waals surface area contributed by atoms with Crippen LogP contribution in [0.4, 0.5) is 0 Å².